The first kappa shape index (κ1) is 21.7. The minimum atomic E-state index is -0.544. The summed E-state index contributed by atoms with van der Waals surface area (Å²) in [7, 11) is 0. The molecule has 0 aliphatic heterocycles. The summed E-state index contributed by atoms with van der Waals surface area (Å²) in [6, 6.07) is 16.6. The number of benzene rings is 3. The van der Waals surface area contributed by atoms with E-state index in [2.05, 4.69) is 5.32 Å². The molecule has 1 amide bonds. The zero-order valence-electron chi connectivity index (χ0n) is 16.4. The van der Waals surface area contributed by atoms with E-state index in [4.69, 9.17) is 32.7 Å². The number of carbonyl (C=O) groups excluding carboxylic acids is 2. The van der Waals surface area contributed by atoms with Gasteiger partial charge in [0.1, 0.15) is 11.5 Å². The molecule has 0 bridgehead atoms. The monoisotopic (exact) mass is 443 g/mol. The third-order valence-corrected chi connectivity index (χ3v) is 4.77. The Morgan fingerprint density at radius 1 is 0.933 bits per heavy atom. The zero-order valence-corrected chi connectivity index (χ0v) is 17.9. The maximum absolute atomic E-state index is 12.4. The molecule has 0 spiro atoms. The molecule has 0 fully saturated rings. The van der Waals surface area contributed by atoms with E-state index in [0.717, 1.165) is 11.1 Å². The Kier molecular flexibility index (Phi) is 6.98. The van der Waals surface area contributed by atoms with Crippen LogP contribution in [0.5, 0.6) is 11.5 Å². The van der Waals surface area contributed by atoms with Gasteiger partial charge in [-0.05, 0) is 67.9 Å². The molecule has 154 valence electrons. The molecule has 0 saturated heterocycles. The van der Waals surface area contributed by atoms with Crippen LogP contribution in [0.4, 0.5) is 5.69 Å². The van der Waals surface area contributed by atoms with E-state index in [0.29, 0.717) is 32.8 Å². The van der Waals surface area contributed by atoms with Gasteiger partial charge in [0.15, 0.2) is 6.61 Å². The van der Waals surface area contributed by atoms with Crippen LogP contribution in [0.1, 0.15) is 21.5 Å². The number of anilines is 1. The second-order valence-electron chi connectivity index (χ2n) is 6.63. The van der Waals surface area contributed by atoms with Crippen molar-refractivity contribution < 1.29 is 19.1 Å². The predicted octanol–water partition coefficient (Wildman–Crippen LogP) is 5.85. The number of ether oxygens (including phenoxy) is 2. The topological polar surface area (TPSA) is 64.6 Å². The average Bonchev–Trinajstić information content (AvgIpc) is 2.70. The van der Waals surface area contributed by atoms with E-state index in [1.54, 1.807) is 30.3 Å². The smallest absolute Gasteiger partial charge is 0.349 e. The molecule has 30 heavy (non-hydrogen) atoms. The molecule has 0 aliphatic carbocycles. The second kappa shape index (κ2) is 9.65. The quantitative estimate of drug-likeness (QED) is 0.383. The van der Waals surface area contributed by atoms with Gasteiger partial charge in [-0.25, -0.2) is 4.79 Å². The summed E-state index contributed by atoms with van der Waals surface area (Å²) in [5.74, 6) is 0.0268. The summed E-state index contributed by atoms with van der Waals surface area (Å²) >= 11 is 12.0. The number of rotatable bonds is 6. The third kappa shape index (κ3) is 5.75. The molecule has 0 heterocycles. The molecule has 3 aromatic rings. The van der Waals surface area contributed by atoms with Gasteiger partial charge in [0, 0.05) is 10.6 Å². The van der Waals surface area contributed by atoms with Gasteiger partial charge in [0.2, 0.25) is 0 Å². The fourth-order valence-electron chi connectivity index (χ4n) is 2.72. The number of nitrogens with one attached hydrogen (secondary N) is 1. The number of hydrogen-bond acceptors (Lipinski definition) is 4. The standard InChI is InChI=1S/C23H19Cl2NO4/c1-14-3-10-21(15(2)11-14)29-13-22(27)30-18-7-4-16(5-8-18)23(28)26-20-12-17(24)6-9-19(20)25/h3-12H,13H2,1-2H3,(H,26,28). The lowest BCUT2D eigenvalue weighted by molar-refractivity contribution is -0.136. The Morgan fingerprint density at radius 3 is 2.37 bits per heavy atom. The number of esters is 1. The first-order chi connectivity index (χ1) is 14.3. The molecule has 3 rings (SSSR count). The summed E-state index contributed by atoms with van der Waals surface area (Å²) in [6.07, 6.45) is 0. The molecule has 1 N–H and O–H groups in total. The largest absolute Gasteiger partial charge is 0.482 e. The van der Waals surface area contributed by atoms with Crippen LogP contribution in [-0.2, 0) is 4.79 Å². The van der Waals surface area contributed by atoms with Gasteiger partial charge in [-0.3, -0.25) is 4.79 Å². The Balaban J connectivity index is 1.56. The Hall–Kier alpha value is -3.02. The molecule has 0 unspecified atom stereocenters. The van der Waals surface area contributed by atoms with E-state index in [-0.39, 0.29) is 12.5 Å². The molecule has 3 aromatic carbocycles. The Morgan fingerprint density at radius 2 is 1.67 bits per heavy atom. The van der Waals surface area contributed by atoms with Crippen molar-refractivity contribution in [1.82, 2.24) is 0 Å². The van der Waals surface area contributed by atoms with Crippen molar-refractivity contribution in [1.29, 1.82) is 0 Å². The van der Waals surface area contributed by atoms with Crippen LogP contribution in [0.15, 0.2) is 60.7 Å². The molecule has 0 atom stereocenters. The number of hydrogen-bond donors (Lipinski definition) is 1. The van der Waals surface area contributed by atoms with Crippen molar-refractivity contribution in [3.8, 4) is 11.5 Å². The first-order valence-electron chi connectivity index (χ1n) is 9.09. The van der Waals surface area contributed by atoms with E-state index < -0.39 is 5.97 Å². The molecule has 5 nitrogen and oxygen atoms in total. The van der Waals surface area contributed by atoms with E-state index in [9.17, 15) is 9.59 Å². The maximum Gasteiger partial charge on any atom is 0.349 e. The van der Waals surface area contributed by atoms with E-state index >= 15 is 0 Å². The average molecular weight is 444 g/mol. The van der Waals surface area contributed by atoms with Gasteiger partial charge >= 0.3 is 5.97 Å². The third-order valence-electron chi connectivity index (χ3n) is 4.20. The molecule has 0 aromatic heterocycles. The normalized spacial score (nSPS) is 10.4. The highest BCUT2D eigenvalue weighted by Crippen LogP contribution is 2.26. The van der Waals surface area contributed by atoms with E-state index in [1.165, 1.54) is 12.1 Å². The van der Waals surface area contributed by atoms with E-state index in [1.807, 2.05) is 32.0 Å². The zero-order chi connectivity index (χ0) is 21.7. The van der Waals surface area contributed by atoms with Gasteiger partial charge < -0.3 is 14.8 Å². The highest BCUT2D eigenvalue weighted by Gasteiger charge is 2.11. The Bertz CT molecular complexity index is 1080. The van der Waals surface area contributed by atoms with Crippen molar-refractivity contribution in [2.24, 2.45) is 0 Å². The van der Waals surface area contributed by atoms with Crippen LogP contribution in [0.2, 0.25) is 10.0 Å². The Labute approximate surface area is 184 Å². The highest BCUT2D eigenvalue weighted by molar-refractivity contribution is 6.35. The lowest BCUT2D eigenvalue weighted by Gasteiger charge is -2.10. The van der Waals surface area contributed by atoms with Crippen LogP contribution in [0.3, 0.4) is 0 Å². The fourth-order valence-corrected chi connectivity index (χ4v) is 3.06. The highest BCUT2D eigenvalue weighted by atomic mass is 35.5. The predicted molar refractivity (Wildman–Crippen MR) is 118 cm³/mol. The number of halogens is 2. The fraction of sp³-hybridized carbons (Fsp3) is 0.130. The molecule has 7 heteroatoms. The van der Waals surface area contributed by atoms with Crippen LogP contribution in [-0.4, -0.2) is 18.5 Å². The van der Waals surface area contributed by atoms with Gasteiger partial charge in [0.05, 0.1) is 10.7 Å². The van der Waals surface area contributed by atoms with Crippen LogP contribution < -0.4 is 14.8 Å². The molecular weight excluding hydrogens is 425 g/mol. The lowest BCUT2D eigenvalue weighted by atomic mass is 10.1. The summed E-state index contributed by atoms with van der Waals surface area (Å²) in [5.41, 5.74) is 2.84. The summed E-state index contributed by atoms with van der Waals surface area (Å²) in [5, 5.41) is 3.53. The molecule has 0 radical (unpaired) electrons. The summed E-state index contributed by atoms with van der Waals surface area (Å²) in [6.45, 7) is 3.67. The van der Waals surface area contributed by atoms with Crippen LogP contribution in [0, 0.1) is 13.8 Å². The first-order valence-corrected chi connectivity index (χ1v) is 9.84. The lowest BCUT2D eigenvalue weighted by Crippen LogP contribution is -2.18. The SMILES string of the molecule is Cc1ccc(OCC(=O)Oc2ccc(C(=O)Nc3cc(Cl)ccc3Cl)cc2)c(C)c1. The minimum Gasteiger partial charge on any atom is -0.482 e. The van der Waals surface area contributed by atoms with Crippen LogP contribution >= 0.6 is 23.2 Å². The minimum absolute atomic E-state index is 0.223. The van der Waals surface area contributed by atoms with Gasteiger partial charge in [0.25, 0.3) is 5.91 Å². The van der Waals surface area contributed by atoms with Crippen molar-refractivity contribution in [3.05, 3.63) is 87.4 Å². The summed E-state index contributed by atoms with van der Waals surface area (Å²) in [4.78, 5) is 24.4. The van der Waals surface area contributed by atoms with Crippen molar-refractivity contribution in [2.75, 3.05) is 11.9 Å². The molecule has 0 saturated carbocycles. The van der Waals surface area contributed by atoms with Crippen molar-refractivity contribution in [2.45, 2.75) is 13.8 Å². The summed E-state index contributed by atoms with van der Waals surface area (Å²) < 4.78 is 10.8. The molecular formula is C23H19Cl2NO4. The van der Waals surface area contributed by atoms with Crippen LogP contribution in [0.25, 0.3) is 0 Å². The number of amides is 1. The van der Waals surface area contributed by atoms with Gasteiger partial charge in [-0.2, -0.15) is 0 Å². The van der Waals surface area contributed by atoms with Crippen molar-refractivity contribution >= 4 is 40.8 Å². The van der Waals surface area contributed by atoms with Crippen molar-refractivity contribution in [3.63, 3.8) is 0 Å². The van der Waals surface area contributed by atoms with Gasteiger partial charge in [-0.15, -0.1) is 0 Å². The van der Waals surface area contributed by atoms with Gasteiger partial charge in [-0.1, -0.05) is 40.9 Å². The second-order valence-corrected chi connectivity index (χ2v) is 7.48. The maximum atomic E-state index is 12.4. The number of carbonyl (C=O) groups is 2. The number of aryl methyl sites for hydroxylation is 2. The molecule has 0 aliphatic rings.